The van der Waals surface area contributed by atoms with Crippen molar-refractivity contribution >= 4 is 12.0 Å². The summed E-state index contributed by atoms with van der Waals surface area (Å²) in [5.41, 5.74) is 0.723. The lowest BCUT2D eigenvalue weighted by Crippen LogP contribution is -2.19. The second-order valence-corrected chi connectivity index (χ2v) is 2.84. The third-order valence-corrected chi connectivity index (χ3v) is 1.63. The number of carbonyl (C=O) groups excluding carboxylic acids is 1. The molecule has 1 aromatic rings. The zero-order chi connectivity index (χ0) is 11.1. The third-order valence-electron chi connectivity index (χ3n) is 1.63. The van der Waals surface area contributed by atoms with Gasteiger partial charge in [0.25, 0.3) is 0 Å². The average molecular weight is 207 g/mol. The van der Waals surface area contributed by atoms with Gasteiger partial charge in [0.05, 0.1) is 12.8 Å². The molecule has 1 amide bonds. The predicted molar refractivity (Wildman–Crippen MR) is 56.3 cm³/mol. The smallest absolute Gasteiger partial charge is 0.233 e. The normalized spacial score (nSPS) is 10.3. The van der Waals surface area contributed by atoms with Gasteiger partial charge in [-0.2, -0.15) is 0 Å². The third kappa shape index (κ3) is 4.21. The number of nitrogens with zero attached hydrogens (tertiary/aromatic N) is 2. The van der Waals surface area contributed by atoms with E-state index >= 15 is 0 Å². The fraction of sp³-hybridized carbons (Fsp3) is 0.300. The lowest BCUT2D eigenvalue weighted by Gasteiger charge is -1.97. The zero-order valence-corrected chi connectivity index (χ0v) is 8.73. The fourth-order valence-electron chi connectivity index (χ4n) is 0.910. The van der Waals surface area contributed by atoms with E-state index in [4.69, 9.17) is 4.74 Å². The van der Waals surface area contributed by atoms with Gasteiger partial charge in [0.1, 0.15) is 0 Å². The molecule has 0 unspecified atom stereocenters. The summed E-state index contributed by atoms with van der Waals surface area (Å²) in [4.78, 5) is 10.5. The number of aromatic nitrogens is 2. The maximum atomic E-state index is 10.5. The van der Waals surface area contributed by atoms with Gasteiger partial charge in [0.15, 0.2) is 0 Å². The van der Waals surface area contributed by atoms with Crippen molar-refractivity contribution < 1.29 is 9.53 Å². The van der Waals surface area contributed by atoms with Crippen LogP contribution in [0.2, 0.25) is 0 Å². The molecule has 0 atom stereocenters. The van der Waals surface area contributed by atoms with Crippen molar-refractivity contribution in [2.75, 3.05) is 13.7 Å². The average Bonchev–Trinajstić information content (AvgIpc) is 2.25. The first-order valence-corrected chi connectivity index (χ1v) is 4.51. The van der Waals surface area contributed by atoms with Gasteiger partial charge in [-0.15, -0.1) is 10.2 Å². The van der Waals surface area contributed by atoms with Crippen LogP contribution in [-0.2, 0) is 4.79 Å². The molecule has 0 aliphatic heterocycles. The summed E-state index contributed by atoms with van der Waals surface area (Å²) >= 11 is 0. The Labute approximate surface area is 88.2 Å². The lowest BCUT2D eigenvalue weighted by molar-refractivity contribution is -0.118. The summed E-state index contributed by atoms with van der Waals surface area (Å²) in [6.45, 7) is 1.96. The minimum atomic E-state index is -0.0551. The van der Waals surface area contributed by atoms with Gasteiger partial charge < -0.3 is 10.1 Å². The largest absolute Gasteiger partial charge is 0.480 e. The van der Waals surface area contributed by atoms with Crippen molar-refractivity contribution in [3.8, 4) is 5.88 Å². The summed E-state index contributed by atoms with van der Waals surface area (Å²) in [7, 11) is 1.54. The summed E-state index contributed by atoms with van der Waals surface area (Å²) in [6.07, 6.45) is 3.58. The van der Waals surface area contributed by atoms with Gasteiger partial charge in [-0.25, -0.2) is 0 Å². The van der Waals surface area contributed by atoms with Crippen LogP contribution in [0.4, 0.5) is 0 Å². The first-order valence-electron chi connectivity index (χ1n) is 4.51. The van der Waals surface area contributed by atoms with Crippen LogP contribution in [0.5, 0.6) is 5.88 Å². The van der Waals surface area contributed by atoms with Crippen molar-refractivity contribution in [2.24, 2.45) is 0 Å². The van der Waals surface area contributed by atoms with E-state index in [1.54, 1.807) is 24.3 Å². The summed E-state index contributed by atoms with van der Waals surface area (Å²) in [6, 6.07) is 3.52. The Balaban J connectivity index is 2.46. The number of methoxy groups -OCH3 is 1. The van der Waals surface area contributed by atoms with E-state index < -0.39 is 0 Å². The Morgan fingerprint density at radius 3 is 2.87 bits per heavy atom. The zero-order valence-electron chi connectivity index (χ0n) is 8.73. The quantitative estimate of drug-likeness (QED) is 0.786. The lowest BCUT2D eigenvalue weighted by atomic mass is 10.3. The maximum absolute atomic E-state index is 10.5. The Kier molecular flexibility index (Phi) is 4.28. The van der Waals surface area contributed by atoms with E-state index in [9.17, 15) is 4.79 Å². The van der Waals surface area contributed by atoms with Gasteiger partial charge in [-0.05, 0) is 12.1 Å². The molecule has 0 radical (unpaired) electrons. The molecule has 1 heterocycles. The van der Waals surface area contributed by atoms with Crippen LogP contribution in [0.3, 0.4) is 0 Å². The second-order valence-electron chi connectivity index (χ2n) is 2.84. The number of hydrogen-bond donors (Lipinski definition) is 1. The number of ether oxygens (including phenoxy) is 1. The first-order chi connectivity index (χ1) is 7.22. The van der Waals surface area contributed by atoms with E-state index in [2.05, 4.69) is 15.5 Å². The minimum absolute atomic E-state index is 0.0551. The molecule has 0 aromatic carbocycles. The molecule has 0 fully saturated rings. The Morgan fingerprint density at radius 2 is 2.33 bits per heavy atom. The molecule has 0 aliphatic carbocycles. The van der Waals surface area contributed by atoms with Gasteiger partial charge in [-0.1, -0.05) is 6.08 Å². The molecule has 80 valence electrons. The van der Waals surface area contributed by atoms with E-state index in [0.717, 1.165) is 5.69 Å². The predicted octanol–water partition coefficient (Wildman–Crippen LogP) is 0.634. The highest BCUT2D eigenvalue weighted by atomic mass is 16.5. The first kappa shape index (κ1) is 11.2. The number of nitrogens with one attached hydrogen (secondary N) is 1. The molecule has 5 heteroatoms. The van der Waals surface area contributed by atoms with Crippen LogP contribution in [0, 0.1) is 0 Å². The molecule has 0 saturated carbocycles. The summed E-state index contributed by atoms with van der Waals surface area (Å²) in [5, 5.41) is 10.3. The molecule has 0 saturated heterocycles. The van der Waals surface area contributed by atoms with Gasteiger partial charge in [-0.3, -0.25) is 4.79 Å². The van der Waals surface area contributed by atoms with Gasteiger partial charge in [0, 0.05) is 19.5 Å². The molecule has 5 nitrogen and oxygen atoms in total. The highest BCUT2D eigenvalue weighted by Crippen LogP contribution is 2.04. The molecular weight excluding hydrogens is 194 g/mol. The molecule has 1 N–H and O–H groups in total. The van der Waals surface area contributed by atoms with Crippen molar-refractivity contribution in [2.45, 2.75) is 6.92 Å². The van der Waals surface area contributed by atoms with E-state index in [0.29, 0.717) is 12.4 Å². The van der Waals surface area contributed by atoms with Crippen LogP contribution in [-0.4, -0.2) is 29.8 Å². The molecule has 0 aliphatic rings. The molecule has 1 rings (SSSR count). The van der Waals surface area contributed by atoms with Gasteiger partial charge in [0.2, 0.25) is 11.8 Å². The molecule has 15 heavy (non-hydrogen) atoms. The molecule has 0 bridgehead atoms. The van der Waals surface area contributed by atoms with Crippen molar-refractivity contribution in [3.05, 3.63) is 23.9 Å². The Morgan fingerprint density at radius 1 is 1.53 bits per heavy atom. The van der Waals surface area contributed by atoms with Crippen LogP contribution in [0.25, 0.3) is 6.08 Å². The van der Waals surface area contributed by atoms with E-state index in [-0.39, 0.29) is 5.91 Å². The van der Waals surface area contributed by atoms with Crippen molar-refractivity contribution in [1.29, 1.82) is 0 Å². The summed E-state index contributed by atoms with van der Waals surface area (Å²) < 4.78 is 4.87. The number of hydrogen-bond acceptors (Lipinski definition) is 4. The molecular formula is C10H13N3O2. The molecule has 0 spiro atoms. The second kappa shape index (κ2) is 5.74. The van der Waals surface area contributed by atoms with Crippen molar-refractivity contribution in [3.63, 3.8) is 0 Å². The highest BCUT2D eigenvalue weighted by molar-refractivity contribution is 5.73. The van der Waals surface area contributed by atoms with E-state index in [1.165, 1.54) is 14.0 Å². The Hall–Kier alpha value is -1.91. The highest BCUT2D eigenvalue weighted by Gasteiger charge is 1.92. The Bertz CT molecular complexity index is 346. The number of carbonyl (C=O) groups is 1. The number of rotatable bonds is 4. The monoisotopic (exact) mass is 207 g/mol. The number of amides is 1. The maximum Gasteiger partial charge on any atom is 0.233 e. The standard InChI is InChI=1S/C10H13N3O2/c1-8(14)11-7-3-4-9-5-6-10(15-2)13-12-9/h3-6H,7H2,1-2H3,(H,11,14). The van der Waals surface area contributed by atoms with Crippen LogP contribution in [0.1, 0.15) is 12.6 Å². The summed E-state index contributed by atoms with van der Waals surface area (Å²) in [5.74, 6) is 0.425. The fourth-order valence-corrected chi connectivity index (χ4v) is 0.910. The van der Waals surface area contributed by atoms with E-state index in [1.807, 2.05) is 0 Å². The minimum Gasteiger partial charge on any atom is -0.480 e. The topological polar surface area (TPSA) is 64.1 Å². The van der Waals surface area contributed by atoms with Crippen molar-refractivity contribution in [1.82, 2.24) is 15.5 Å². The SMILES string of the molecule is COc1ccc(C=CCNC(C)=O)nn1. The van der Waals surface area contributed by atoms with Gasteiger partial charge >= 0.3 is 0 Å². The van der Waals surface area contributed by atoms with Crippen LogP contribution < -0.4 is 10.1 Å². The molecule has 1 aromatic heterocycles. The van der Waals surface area contributed by atoms with Crippen LogP contribution >= 0.6 is 0 Å². The van der Waals surface area contributed by atoms with Crippen LogP contribution in [0.15, 0.2) is 18.2 Å².